The Bertz CT molecular complexity index is 355. The van der Waals surface area contributed by atoms with Crippen molar-refractivity contribution in [2.75, 3.05) is 13.7 Å². The van der Waals surface area contributed by atoms with Gasteiger partial charge in [-0.15, -0.1) is 0 Å². The molecule has 0 saturated heterocycles. The summed E-state index contributed by atoms with van der Waals surface area (Å²) < 4.78 is 5.04. The van der Waals surface area contributed by atoms with Crippen LogP contribution in [0.4, 0.5) is 0 Å². The molecule has 0 aliphatic heterocycles. The number of hydrogen-bond acceptors (Lipinski definition) is 3. The van der Waals surface area contributed by atoms with Gasteiger partial charge in [0, 0.05) is 12.0 Å². The fourth-order valence-electron chi connectivity index (χ4n) is 1.39. The zero-order chi connectivity index (χ0) is 12.2. The summed E-state index contributed by atoms with van der Waals surface area (Å²) in [5.41, 5.74) is 6.17. The minimum Gasteiger partial charge on any atom is -0.497 e. The van der Waals surface area contributed by atoms with Gasteiger partial charge in [0.1, 0.15) is 5.75 Å². The van der Waals surface area contributed by atoms with Crippen LogP contribution in [0.3, 0.4) is 0 Å². The van der Waals surface area contributed by atoms with Gasteiger partial charge >= 0.3 is 0 Å². The normalized spacial score (nSPS) is 11.2. The Morgan fingerprint density at radius 2 is 1.88 bits per heavy atom. The lowest BCUT2D eigenvalue weighted by atomic mass is 9.86. The van der Waals surface area contributed by atoms with Crippen molar-refractivity contribution in [1.82, 2.24) is 0 Å². The van der Waals surface area contributed by atoms with Crippen molar-refractivity contribution in [3.05, 3.63) is 29.8 Å². The first-order valence-electron chi connectivity index (χ1n) is 5.36. The number of carbonyl (C=O) groups excluding carboxylic acids is 1. The summed E-state index contributed by atoms with van der Waals surface area (Å²) in [6.07, 6.45) is 0.468. The van der Waals surface area contributed by atoms with Crippen LogP contribution in [-0.4, -0.2) is 19.4 Å². The third-order valence-corrected chi connectivity index (χ3v) is 2.60. The van der Waals surface area contributed by atoms with Gasteiger partial charge < -0.3 is 10.5 Å². The molecule has 88 valence electrons. The van der Waals surface area contributed by atoms with Crippen LogP contribution in [0.25, 0.3) is 0 Å². The fourth-order valence-corrected chi connectivity index (χ4v) is 1.39. The Morgan fingerprint density at radius 3 is 2.31 bits per heavy atom. The van der Waals surface area contributed by atoms with Gasteiger partial charge in [0.05, 0.1) is 7.11 Å². The Hall–Kier alpha value is -1.35. The molecule has 0 aromatic heterocycles. The summed E-state index contributed by atoms with van der Waals surface area (Å²) in [5.74, 6) is 0.882. The van der Waals surface area contributed by atoms with Crippen molar-refractivity contribution in [3.63, 3.8) is 0 Å². The van der Waals surface area contributed by atoms with Crippen molar-refractivity contribution in [2.24, 2.45) is 11.1 Å². The molecule has 0 saturated carbocycles. The molecule has 0 unspecified atom stereocenters. The van der Waals surface area contributed by atoms with Gasteiger partial charge in [0.15, 0.2) is 5.78 Å². The summed E-state index contributed by atoms with van der Waals surface area (Å²) >= 11 is 0. The standard InChI is InChI=1S/C13H19NO2/c1-13(2,9-14)8-12(15)10-4-6-11(16-3)7-5-10/h4-7H,8-9,14H2,1-3H3. The number of Topliss-reactive ketones (excluding diaryl/α,β-unsaturated/α-hetero) is 1. The smallest absolute Gasteiger partial charge is 0.163 e. The third-order valence-electron chi connectivity index (χ3n) is 2.60. The molecular formula is C13H19NO2. The zero-order valence-corrected chi connectivity index (χ0v) is 10.1. The van der Waals surface area contributed by atoms with Gasteiger partial charge in [-0.3, -0.25) is 4.79 Å². The second kappa shape index (κ2) is 5.12. The van der Waals surface area contributed by atoms with Crippen LogP contribution in [0.5, 0.6) is 5.75 Å². The van der Waals surface area contributed by atoms with Crippen LogP contribution in [-0.2, 0) is 0 Å². The van der Waals surface area contributed by atoms with E-state index in [2.05, 4.69) is 0 Å². The number of carbonyl (C=O) groups is 1. The molecule has 0 fully saturated rings. The van der Waals surface area contributed by atoms with Gasteiger partial charge in [-0.2, -0.15) is 0 Å². The third kappa shape index (κ3) is 3.35. The van der Waals surface area contributed by atoms with Gasteiger partial charge in [-0.25, -0.2) is 0 Å². The van der Waals surface area contributed by atoms with E-state index in [4.69, 9.17) is 10.5 Å². The molecule has 0 aliphatic carbocycles. The molecule has 0 atom stereocenters. The zero-order valence-electron chi connectivity index (χ0n) is 10.1. The monoisotopic (exact) mass is 221 g/mol. The number of ketones is 1. The quantitative estimate of drug-likeness (QED) is 0.776. The van der Waals surface area contributed by atoms with Gasteiger partial charge in [-0.05, 0) is 36.2 Å². The Labute approximate surface area is 96.6 Å². The van der Waals surface area contributed by atoms with Gasteiger partial charge in [0.25, 0.3) is 0 Å². The highest BCUT2D eigenvalue weighted by atomic mass is 16.5. The molecule has 0 amide bonds. The number of hydrogen-bond donors (Lipinski definition) is 1. The number of methoxy groups -OCH3 is 1. The second-order valence-electron chi connectivity index (χ2n) is 4.70. The summed E-state index contributed by atoms with van der Waals surface area (Å²) in [6.45, 7) is 4.50. The average Bonchev–Trinajstić information content (AvgIpc) is 2.28. The summed E-state index contributed by atoms with van der Waals surface area (Å²) in [4.78, 5) is 11.9. The van der Waals surface area contributed by atoms with Crippen molar-refractivity contribution < 1.29 is 9.53 Å². The van der Waals surface area contributed by atoms with Gasteiger partial charge in [0.2, 0.25) is 0 Å². The lowest BCUT2D eigenvalue weighted by molar-refractivity contribution is 0.0935. The molecule has 0 heterocycles. The minimum absolute atomic E-state index is 0.123. The molecule has 16 heavy (non-hydrogen) atoms. The first-order chi connectivity index (χ1) is 7.48. The Balaban J connectivity index is 2.73. The van der Waals surface area contributed by atoms with E-state index in [-0.39, 0.29) is 11.2 Å². The summed E-state index contributed by atoms with van der Waals surface area (Å²) in [6, 6.07) is 7.16. The maximum Gasteiger partial charge on any atom is 0.163 e. The summed E-state index contributed by atoms with van der Waals surface area (Å²) in [7, 11) is 1.61. The van der Waals surface area contributed by atoms with Crippen LogP contribution >= 0.6 is 0 Å². The Morgan fingerprint density at radius 1 is 1.31 bits per heavy atom. The van der Waals surface area contributed by atoms with Crippen LogP contribution in [0.1, 0.15) is 30.6 Å². The SMILES string of the molecule is COc1ccc(C(=O)CC(C)(C)CN)cc1. The van der Waals surface area contributed by atoms with Crippen molar-refractivity contribution in [2.45, 2.75) is 20.3 Å². The molecule has 0 bridgehead atoms. The van der Waals surface area contributed by atoms with E-state index >= 15 is 0 Å². The number of nitrogens with two attached hydrogens (primary N) is 1. The largest absolute Gasteiger partial charge is 0.497 e. The molecule has 1 aromatic rings. The number of rotatable bonds is 5. The van der Waals surface area contributed by atoms with E-state index in [0.29, 0.717) is 18.5 Å². The van der Waals surface area contributed by atoms with Crippen LogP contribution in [0, 0.1) is 5.41 Å². The van der Waals surface area contributed by atoms with Crippen LogP contribution in [0.2, 0.25) is 0 Å². The molecule has 0 radical (unpaired) electrons. The maximum absolute atomic E-state index is 11.9. The molecule has 0 spiro atoms. The Kier molecular flexibility index (Phi) is 4.07. The van der Waals surface area contributed by atoms with Gasteiger partial charge in [-0.1, -0.05) is 13.8 Å². The topological polar surface area (TPSA) is 52.3 Å². The predicted octanol–water partition coefficient (Wildman–Crippen LogP) is 2.25. The van der Waals surface area contributed by atoms with Crippen molar-refractivity contribution >= 4 is 5.78 Å². The number of ether oxygens (including phenoxy) is 1. The first-order valence-corrected chi connectivity index (χ1v) is 5.36. The molecule has 3 heteroatoms. The van der Waals surface area contributed by atoms with Crippen LogP contribution < -0.4 is 10.5 Å². The van der Waals surface area contributed by atoms with Crippen molar-refractivity contribution in [3.8, 4) is 5.75 Å². The van der Waals surface area contributed by atoms with E-state index in [1.54, 1.807) is 31.4 Å². The molecule has 2 N–H and O–H groups in total. The number of benzene rings is 1. The maximum atomic E-state index is 11.9. The average molecular weight is 221 g/mol. The molecule has 0 aliphatic rings. The molecule has 1 aromatic carbocycles. The first kappa shape index (κ1) is 12.7. The predicted molar refractivity (Wildman–Crippen MR) is 64.8 cm³/mol. The lowest BCUT2D eigenvalue weighted by Crippen LogP contribution is -2.26. The van der Waals surface area contributed by atoms with E-state index in [1.165, 1.54) is 0 Å². The summed E-state index contributed by atoms with van der Waals surface area (Å²) in [5, 5.41) is 0. The second-order valence-corrected chi connectivity index (χ2v) is 4.70. The van der Waals surface area contributed by atoms with E-state index in [1.807, 2.05) is 13.8 Å². The molecule has 3 nitrogen and oxygen atoms in total. The highest BCUT2D eigenvalue weighted by molar-refractivity contribution is 5.96. The lowest BCUT2D eigenvalue weighted by Gasteiger charge is -2.21. The minimum atomic E-state index is -0.142. The molecular weight excluding hydrogens is 202 g/mol. The van der Waals surface area contributed by atoms with Crippen LogP contribution in [0.15, 0.2) is 24.3 Å². The van der Waals surface area contributed by atoms with Crippen molar-refractivity contribution in [1.29, 1.82) is 0 Å². The fraction of sp³-hybridized carbons (Fsp3) is 0.462. The van der Waals surface area contributed by atoms with E-state index in [9.17, 15) is 4.79 Å². The van der Waals surface area contributed by atoms with E-state index in [0.717, 1.165) is 5.75 Å². The highest BCUT2D eigenvalue weighted by Gasteiger charge is 2.20. The van der Waals surface area contributed by atoms with E-state index < -0.39 is 0 Å². The highest BCUT2D eigenvalue weighted by Crippen LogP contribution is 2.22. The molecule has 1 rings (SSSR count).